The predicted molar refractivity (Wildman–Crippen MR) is 89.7 cm³/mol. The number of hydrogen-bond donors (Lipinski definition) is 0. The van der Waals surface area contributed by atoms with E-state index in [1.54, 1.807) is 19.5 Å². The lowest BCUT2D eigenvalue weighted by Crippen LogP contribution is -2.47. The van der Waals surface area contributed by atoms with Crippen LogP contribution in [0.1, 0.15) is 5.56 Å². The molecule has 0 bridgehead atoms. The van der Waals surface area contributed by atoms with E-state index < -0.39 is 0 Å². The molecule has 0 radical (unpaired) electrons. The third-order valence-corrected chi connectivity index (χ3v) is 4.16. The van der Waals surface area contributed by atoms with Gasteiger partial charge in [0.1, 0.15) is 5.82 Å². The second-order valence-electron chi connectivity index (χ2n) is 5.19. The summed E-state index contributed by atoms with van der Waals surface area (Å²) in [5.74, 6) is 2.48. The van der Waals surface area contributed by atoms with Gasteiger partial charge in [0.25, 0.3) is 0 Å². The molecule has 3 rings (SSSR count). The summed E-state index contributed by atoms with van der Waals surface area (Å²) >= 11 is 3.46. The van der Waals surface area contributed by atoms with E-state index in [2.05, 4.69) is 53.7 Å². The van der Waals surface area contributed by atoms with Crippen LogP contribution in [-0.4, -0.2) is 48.2 Å². The molecule has 3 heterocycles. The summed E-state index contributed by atoms with van der Waals surface area (Å²) in [6.07, 6.45) is 5.26. The van der Waals surface area contributed by atoms with Crippen LogP contribution < -0.4 is 14.5 Å². The van der Waals surface area contributed by atoms with Crippen LogP contribution in [0.5, 0.6) is 5.75 Å². The quantitative estimate of drug-likeness (QED) is 0.833. The fourth-order valence-corrected chi connectivity index (χ4v) is 3.01. The Kier molecular flexibility index (Phi) is 4.42. The standard InChI is InChI=1S/C15H18BrN5O/c1-11-7-12(16)8-17-14(11)20-3-5-21(6-4-20)15-18-9-13(22-2)10-19-15/h7-10H,3-6H2,1-2H3. The molecular formula is C15H18BrN5O. The summed E-state index contributed by atoms with van der Waals surface area (Å²) in [5, 5.41) is 0. The van der Waals surface area contributed by atoms with Gasteiger partial charge in [0.2, 0.25) is 5.95 Å². The van der Waals surface area contributed by atoms with Crippen LogP contribution in [0.3, 0.4) is 0 Å². The first-order chi connectivity index (χ1) is 10.7. The third kappa shape index (κ3) is 3.14. The van der Waals surface area contributed by atoms with Gasteiger partial charge in [0.15, 0.2) is 5.75 Å². The zero-order chi connectivity index (χ0) is 15.5. The van der Waals surface area contributed by atoms with Crippen molar-refractivity contribution < 1.29 is 4.74 Å². The number of pyridine rings is 1. The van der Waals surface area contributed by atoms with Crippen molar-refractivity contribution in [2.24, 2.45) is 0 Å². The topological polar surface area (TPSA) is 54.4 Å². The molecule has 1 aliphatic rings. The highest BCUT2D eigenvalue weighted by Crippen LogP contribution is 2.22. The zero-order valence-electron chi connectivity index (χ0n) is 12.7. The molecule has 0 unspecified atom stereocenters. The average molecular weight is 364 g/mol. The Bertz CT molecular complexity index is 641. The van der Waals surface area contributed by atoms with Gasteiger partial charge in [-0.3, -0.25) is 0 Å². The molecular weight excluding hydrogens is 346 g/mol. The summed E-state index contributed by atoms with van der Waals surface area (Å²) in [6.45, 7) is 5.66. The lowest BCUT2D eigenvalue weighted by molar-refractivity contribution is 0.410. The monoisotopic (exact) mass is 363 g/mol. The van der Waals surface area contributed by atoms with Crippen molar-refractivity contribution in [2.45, 2.75) is 6.92 Å². The van der Waals surface area contributed by atoms with E-state index in [0.29, 0.717) is 5.75 Å². The normalized spacial score (nSPS) is 15.0. The first-order valence-electron chi connectivity index (χ1n) is 7.15. The molecule has 22 heavy (non-hydrogen) atoms. The highest BCUT2D eigenvalue weighted by molar-refractivity contribution is 9.10. The second-order valence-corrected chi connectivity index (χ2v) is 6.11. The maximum atomic E-state index is 5.09. The number of ether oxygens (including phenoxy) is 1. The van der Waals surface area contributed by atoms with Crippen molar-refractivity contribution in [3.63, 3.8) is 0 Å². The number of piperazine rings is 1. The highest BCUT2D eigenvalue weighted by atomic mass is 79.9. The summed E-state index contributed by atoms with van der Waals surface area (Å²) < 4.78 is 6.10. The lowest BCUT2D eigenvalue weighted by Gasteiger charge is -2.36. The van der Waals surface area contributed by atoms with Gasteiger partial charge in [-0.1, -0.05) is 0 Å². The Hall–Kier alpha value is -1.89. The van der Waals surface area contributed by atoms with Crippen molar-refractivity contribution >= 4 is 27.7 Å². The van der Waals surface area contributed by atoms with Crippen molar-refractivity contribution in [2.75, 3.05) is 43.1 Å². The average Bonchev–Trinajstić information content (AvgIpc) is 2.55. The number of rotatable bonds is 3. The smallest absolute Gasteiger partial charge is 0.225 e. The van der Waals surface area contributed by atoms with Crippen LogP contribution in [-0.2, 0) is 0 Å². The first kappa shape index (κ1) is 15.0. The minimum atomic E-state index is 0.678. The second kappa shape index (κ2) is 6.48. The Balaban J connectivity index is 1.66. The number of hydrogen-bond acceptors (Lipinski definition) is 6. The molecule has 0 saturated carbocycles. The van der Waals surface area contributed by atoms with Gasteiger partial charge in [0, 0.05) is 36.8 Å². The van der Waals surface area contributed by atoms with Crippen molar-refractivity contribution in [3.8, 4) is 5.75 Å². The lowest BCUT2D eigenvalue weighted by atomic mass is 10.2. The molecule has 1 fully saturated rings. The molecule has 0 N–H and O–H groups in total. The fourth-order valence-electron chi connectivity index (χ4n) is 2.56. The van der Waals surface area contributed by atoms with E-state index in [-0.39, 0.29) is 0 Å². The van der Waals surface area contributed by atoms with Crippen LogP contribution >= 0.6 is 15.9 Å². The molecule has 0 atom stereocenters. The molecule has 0 aliphatic carbocycles. The van der Waals surface area contributed by atoms with Gasteiger partial charge in [-0.15, -0.1) is 0 Å². The number of halogens is 1. The Morgan fingerprint density at radius 2 is 1.64 bits per heavy atom. The van der Waals surface area contributed by atoms with Gasteiger partial charge in [-0.2, -0.15) is 0 Å². The van der Waals surface area contributed by atoms with Crippen LogP contribution in [0.2, 0.25) is 0 Å². The maximum Gasteiger partial charge on any atom is 0.225 e. The van der Waals surface area contributed by atoms with Gasteiger partial charge in [-0.25, -0.2) is 15.0 Å². The Morgan fingerprint density at radius 1 is 1.00 bits per heavy atom. The third-order valence-electron chi connectivity index (χ3n) is 3.73. The summed E-state index contributed by atoms with van der Waals surface area (Å²) in [7, 11) is 1.62. The highest BCUT2D eigenvalue weighted by Gasteiger charge is 2.21. The minimum Gasteiger partial charge on any atom is -0.494 e. The molecule has 6 nitrogen and oxygen atoms in total. The van der Waals surface area contributed by atoms with E-state index in [1.807, 2.05) is 6.20 Å². The Labute approximate surface area is 138 Å². The largest absolute Gasteiger partial charge is 0.494 e. The zero-order valence-corrected chi connectivity index (χ0v) is 14.2. The molecule has 116 valence electrons. The van der Waals surface area contributed by atoms with Gasteiger partial charge in [-0.05, 0) is 34.5 Å². The minimum absolute atomic E-state index is 0.678. The molecule has 7 heteroatoms. The molecule has 0 aromatic carbocycles. The van der Waals surface area contributed by atoms with Gasteiger partial charge < -0.3 is 14.5 Å². The van der Waals surface area contributed by atoms with E-state index in [4.69, 9.17) is 4.74 Å². The number of methoxy groups -OCH3 is 1. The van der Waals surface area contributed by atoms with Gasteiger partial charge >= 0.3 is 0 Å². The van der Waals surface area contributed by atoms with E-state index in [9.17, 15) is 0 Å². The van der Waals surface area contributed by atoms with E-state index >= 15 is 0 Å². The molecule has 0 amide bonds. The van der Waals surface area contributed by atoms with Crippen molar-refractivity contribution in [3.05, 3.63) is 34.7 Å². The van der Waals surface area contributed by atoms with Crippen molar-refractivity contribution in [1.82, 2.24) is 15.0 Å². The van der Waals surface area contributed by atoms with Crippen LogP contribution in [0, 0.1) is 6.92 Å². The molecule has 0 spiro atoms. The number of aryl methyl sites for hydroxylation is 1. The summed E-state index contributed by atoms with van der Waals surface area (Å²) in [4.78, 5) is 17.7. The fraction of sp³-hybridized carbons (Fsp3) is 0.400. The van der Waals surface area contributed by atoms with Crippen LogP contribution in [0.25, 0.3) is 0 Å². The summed E-state index contributed by atoms with van der Waals surface area (Å²) in [5.41, 5.74) is 1.18. The SMILES string of the molecule is COc1cnc(N2CCN(c3ncc(Br)cc3C)CC2)nc1. The first-order valence-corrected chi connectivity index (χ1v) is 7.95. The summed E-state index contributed by atoms with van der Waals surface area (Å²) in [6, 6.07) is 2.10. The number of nitrogens with zero attached hydrogens (tertiary/aromatic N) is 5. The molecule has 2 aromatic rings. The molecule has 1 saturated heterocycles. The van der Waals surface area contributed by atoms with Crippen LogP contribution in [0.4, 0.5) is 11.8 Å². The van der Waals surface area contributed by atoms with E-state index in [1.165, 1.54) is 5.56 Å². The number of anilines is 2. The Morgan fingerprint density at radius 3 is 2.23 bits per heavy atom. The molecule has 1 aliphatic heterocycles. The van der Waals surface area contributed by atoms with Crippen LogP contribution in [0.15, 0.2) is 29.1 Å². The van der Waals surface area contributed by atoms with E-state index in [0.717, 1.165) is 42.4 Å². The number of aromatic nitrogens is 3. The van der Waals surface area contributed by atoms with Crippen molar-refractivity contribution in [1.29, 1.82) is 0 Å². The van der Waals surface area contributed by atoms with Gasteiger partial charge in [0.05, 0.1) is 19.5 Å². The molecule has 2 aromatic heterocycles. The predicted octanol–water partition coefficient (Wildman–Crippen LogP) is 2.28. The maximum absolute atomic E-state index is 5.09.